The van der Waals surface area contributed by atoms with Crippen LogP contribution < -0.4 is 5.32 Å². The number of hydrogen-bond donors (Lipinski definition) is 1. The number of nitrogens with zero attached hydrogens (tertiary/aromatic N) is 3. The Morgan fingerprint density at radius 2 is 2.10 bits per heavy atom. The predicted molar refractivity (Wildman–Crippen MR) is 76.2 cm³/mol. The largest absolute Gasteiger partial charge is 0.383 e. The fourth-order valence-electron chi connectivity index (χ4n) is 2.14. The fourth-order valence-corrected chi connectivity index (χ4v) is 2.14. The van der Waals surface area contributed by atoms with Crippen molar-refractivity contribution in [2.45, 2.75) is 0 Å². The summed E-state index contributed by atoms with van der Waals surface area (Å²) in [6, 6.07) is 4.24. The van der Waals surface area contributed by atoms with Crippen LogP contribution >= 0.6 is 0 Å². The highest BCUT2D eigenvalue weighted by atomic mass is 16.6. The Kier molecular flexibility index (Phi) is 4.06. The van der Waals surface area contributed by atoms with Gasteiger partial charge in [0, 0.05) is 38.8 Å². The van der Waals surface area contributed by atoms with Gasteiger partial charge >= 0.3 is 0 Å². The van der Waals surface area contributed by atoms with Gasteiger partial charge in [-0.25, -0.2) is 0 Å². The van der Waals surface area contributed by atoms with Crippen LogP contribution in [0.25, 0.3) is 0 Å². The number of amides is 2. The van der Waals surface area contributed by atoms with Gasteiger partial charge in [0.05, 0.1) is 4.92 Å². The average Bonchev–Trinajstić information content (AvgIpc) is 2.48. The molecule has 0 bridgehead atoms. The third-order valence-corrected chi connectivity index (χ3v) is 3.46. The number of hydrogen-bond acceptors (Lipinski definition) is 5. The van der Waals surface area contributed by atoms with Crippen LogP contribution in [-0.4, -0.2) is 60.3 Å². The molecule has 2 amide bonds. The molecule has 0 saturated carbocycles. The summed E-state index contributed by atoms with van der Waals surface area (Å²) in [6.45, 7) is 0.876. The van der Waals surface area contributed by atoms with E-state index < -0.39 is 4.92 Å². The van der Waals surface area contributed by atoms with Crippen LogP contribution in [0.2, 0.25) is 0 Å². The quantitative estimate of drug-likeness (QED) is 0.648. The molecule has 8 nitrogen and oxygen atoms in total. The van der Waals surface area contributed by atoms with Crippen LogP contribution in [-0.2, 0) is 4.79 Å². The van der Waals surface area contributed by atoms with Gasteiger partial charge in [-0.2, -0.15) is 0 Å². The summed E-state index contributed by atoms with van der Waals surface area (Å²) in [6.07, 6.45) is 0. The van der Waals surface area contributed by atoms with E-state index in [-0.39, 0.29) is 29.6 Å². The topological polar surface area (TPSA) is 95.8 Å². The maximum atomic E-state index is 12.3. The number of benzene rings is 1. The van der Waals surface area contributed by atoms with E-state index in [1.165, 1.54) is 23.1 Å². The predicted octanol–water partition coefficient (Wildman–Crippen LogP) is 0.551. The Morgan fingerprint density at radius 3 is 2.67 bits per heavy atom. The van der Waals surface area contributed by atoms with Gasteiger partial charge in [0.25, 0.3) is 11.6 Å². The van der Waals surface area contributed by atoms with Crippen molar-refractivity contribution in [2.75, 3.05) is 39.0 Å². The first-order chi connectivity index (χ1) is 9.93. The van der Waals surface area contributed by atoms with Crippen molar-refractivity contribution in [1.29, 1.82) is 0 Å². The molecule has 1 aromatic rings. The van der Waals surface area contributed by atoms with Crippen LogP contribution in [0.5, 0.6) is 0 Å². The Bertz CT molecular complexity index is 602. The molecule has 1 aliphatic rings. The van der Waals surface area contributed by atoms with E-state index >= 15 is 0 Å². The number of anilines is 1. The first-order valence-corrected chi connectivity index (χ1v) is 6.43. The lowest BCUT2D eigenvalue weighted by Crippen LogP contribution is -2.50. The Hall–Kier alpha value is -2.64. The van der Waals surface area contributed by atoms with Gasteiger partial charge in [-0.1, -0.05) is 0 Å². The van der Waals surface area contributed by atoms with Gasteiger partial charge in [-0.3, -0.25) is 19.7 Å². The first kappa shape index (κ1) is 14.8. The highest BCUT2D eigenvalue weighted by Crippen LogP contribution is 2.25. The molecule has 0 unspecified atom stereocenters. The fraction of sp³-hybridized carbons (Fsp3) is 0.385. The van der Waals surface area contributed by atoms with E-state index in [1.807, 2.05) is 0 Å². The van der Waals surface area contributed by atoms with Crippen molar-refractivity contribution in [3.63, 3.8) is 0 Å². The maximum Gasteiger partial charge on any atom is 0.293 e. The molecule has 1 N–H and O–H groups in total. The number of carbonyl (C=O) groups is 2. The number of nitrogens with one attached hydrogen (secondary N) is 1. The molecule has 21 heavy (non-hydrogen) atoms. The van der Waals surface area contributed by atoms with Gasteiger partial charge in [-0.15, -0.1) is 0 Å². The second-order valence-corrected chi connectivity index (χ2v) is 4.78. The summed E-state index contributed by atoms with van der Waals surface area (Å²) < 4.78 is 0. The molecule has 1 saturated heterocycles. The summed E-state index contributed by atoms with van der Waals surface area (Å²) in [5, 5.41) is 13.7. The molecular formula is C13H16N4O4. The van der Waals surface area contributed by atoms with Crippen molar-refractivity contribution in [2.24, 2.45) is 0 Å². The molecule has 2 rings (SSSR count). The van der Waals surface area contributed by atoms with Crippen molar-refractivity contribution in [3.8, 4) is 0 Å². The Morgan fingerprint density at radius 1 is 1.38 bits per heavy atom. The molecule has 112 valence electrons. The van der Waals surface area contributed by atoms with Gasteiger partial charge in [0.15, 0.2) is 0 Å². The highest BCUT2D eigenvalue weighted by molar-refractivity contribution is 5.98. The monoisotopic (exact) mass is 292 g/mol. The lowest BCUT2D eigenvalue weighted by atomic mass is 10.1. The normalized spacial score (nSPS) is 15.0. The number of nitro groups is 1. The molecule has 1 aromatic carbocycles. The minimum Gasteiger partial charge on any atom is -0.383 e. The maximum absolute atomic E-state index is 12.3. The third-order valence-electron chi connectivity index (χ3n) is 3.46. The molecule has 0 aliphatic carbocycles. The summed E-state index contributed by atoms with van der Waals surface area (Å²) in [7, 11) is 3.25. The van der Waals surface area contributed by atoms with E-state index in [0.717, 1.165) is 0 Å². The van der Waals surface area contributed by atoms with Crippen molar-refractivity contribution < 1.29 is 14.5 Å². The van der Waals surface area contributed by atoms with Gasteiger partial charge in [0.2, 0.25) is 5.91 Å². The number of likely N-dealkylation sites (N-methyl/N-ethyl adjacent to an activating group) is 1. The number of carbonyl (C=O) groups excluding carboxylic acids is 2. The van der Waals surface area contributed by atoms with Gasteiger partial charge < -0.3 is 15.1 Å². The molecule has 0 aromatic heterocycles. The molecule has 1 aliphatic heterocycles. The van der Waals surface area contributed by atoms with Crippen LogP contribution in [0, 0.1) is 10.1 Å². The second-order valence-electron chi connectivity index (χ2n) is 4.78. The summed E-state index contributed by atoms with van der Waals surface area (Å²) in [5.41, 5.74) is 0.382. The van der Waals surface area contributed by atoms with Crippen molar-refractivity contribution in [3.05, 3.63) is 33.9 Å². The number of nitro benzene ring substituents is 1. The molecule has 0 atom stereocenters. The van der Waals surface area contributed by atoms with E-state index in [1.54, 1.807) is 19.0 Å². The summed E-state index contributed by atoms with van der Waals surface area (Å²) >= 11 is 0. The number of piperazine rings is 1. The number of rotatable bonds is 3. The average molecular weight is 292 g/mol. The SMILES string of the molecule is CNc1ccc(C(=O)N2CCN(C)C(=O)C2)cc1[N+](=O)[O-]. The van der Waals surface area contributed by atoms with Crippen molar-refractivity contribution in [1.82, 2.24) is 9.80 Å². The zero-order valence-electron chi connectivity index (χ0n) is 11.8. The molecule has 1 fully saturated rings. The summed E-state index contributed by atoms with van der Waals surface area (Å²) in [5.74, 6) is -0.516. The molecule has 0 radical (unpaired) electrons. The van der Waals surface area contributed by atoms with E-state index in [0.29, 0.717) is 18.8 Å². The smallest absolute Gasteiger partial charge is 0.293 e. The van der Waals surface area contributed by atoms with E-state index in [4.69, 9.17) is 0 Å². The van der Waals surface area contributed by atoms with Gasteiger partial charge in [0.1, 0.15) is 12.2 Å². The van der Waals surface area contributed by atoms with Crippen LogP contribution in [0.4, 0.5) is 11.4 Å². The molecule has 1 heterocycles. The Balaban J connectivity index is 2.25. The second kappa shape index (κ2) is 5.78. The minimum absolute atomic E-state index is 0.00307. The van der Waals surface area contributed by atoms with E-state index in [2.05, 4.69) is 5.32 Å². The third kappa shape index (κ3) is 2.93. The van der Waals surface area contributed by atoms with E-state index in [9.17, 15) is 19.7 Å². The lowest BCUT2D eigenvalue weighted by Gasteiger charge is -2.32. The highest BCUT2D eigenvalue weighted by Gasteiger charge is 2.27. The molecule has 0 spiro atoms. The zero-order valence-corrected chi connectivity index (χ0v) is 11.8. The molecular weight excluding hydrogens is 276 g/mol. The van der Waals surface area contributed by atoms with Crippen LogP contribution in [0.1, 0.15) is 10.4 Å². The van der Waals surface area contributed by atoms with Crippen LogP contribution in [0.15, 0.2) is 18.2 Å². The Labute approximate surface area is 121 Å². The van der Waals surface area contributed by atoms with Gasteiger partial charge in [-0.05, 0) is 12.1 Å². The minimum atomic E-state index is -0.544. The van der Waals surface area contributed by atoms with Crippen LogP contribution in [0.3, 0.4) is 0 Å². The van der Waals surface area contributed by atoms with Crippen molar-refractivity contribution >= 4 is 23.2 Å². The standard InChI is InChI=1S/C13H16N4O4/c1-14-10-4-3-9(7-11(10)17(20)21)13(19)16-6-5-15(2)12(18)8-16/h3-4,7,14H,5-6,8H2,1-2H3. The lowest BCUT2D eigenvalue weighted by molar-refractivity contribution is -0.384. The zero-order chi connectivity index (χ0) is 15.6. The summed E-state index contributed by atoms with van der Waals surface area (Å²) in [4.78, 5) is 37.4. The molecule has 8 heteroatoms. The first-order valence-electron chi connectivity index (χ1n) is 6.43.